The molecule has 3 heterocycles. The number of hydrogen-bond donors (Lipinski definition) is 1. The van der Waals surface area contributed by atoms with Crippen LogP contribution >= 0.6 is 11.3 Å². The average Bonchev–Trinajstić information content (AvgIpc) is 3.58. The minimum atomic E-state index is -3.88. The Morgan fingerprint density at radius 1 is 1.09 bits per heavy atom. The number of anilines is 1. The van der Waals surface area contributed by atoms with E-state index in [1.54, 1.807) is 27.7 Å². The number of methoxy groups -OCH3 is 2. The molecular formula is C21H25N5O5S2. The minimum absolute atomic E-state index is 0.0187. The number of likely N-dealkylation sites (tertiary alicyclic amines) is 1. The number of thiophene rings is 1. The van der Waals surface area contributed by atoms with Crippen LogP contribution < -0.4 is 14.2 Å². The van der Waals surface area contributed by atoms with E-state index >= 15 is 0 Å². The summed E-state index contributed by atoms with van der Waals surface area (Å²) in [5, 5.41) is 10.2. The molecule has 0 bridgehead atoms. The predicted octanol–water partition coefficient (Wildman–Crippen LogP) is 2.77. The lowest BCUT2D eigenvalue weighted by Gasteiger charge is -2.18. The van der Waals surface area contributed by atoms with Crippen molar-refractivity contribution >= 4 is 33.2 Å². The molecule has 1 aliphatic rings. The van der Waals surface area contributed by atoms with Crippen molar-refractivity contribution in [2.24, 2.45) is 0 Å². The summed E-state index contributed by atoms with van der Waals surface area (Å²) < 4.78 is 40.9. The predicted molar refractivity (Wildman–Crippen MR) is 126 cm³/mol. The van der Waals surface area contributed by atoms with E-state index < -0.39 is 10.0 Å². The molecule has 4 rings (SSSR count). The number of nitrogens with one attached hydrogen (secondary N) is 1. The molecule has 0 spiro atoms. The largest absolute Gasteiger partial charge is 0.494 e. The first kappa shape index (κ1) is 23.1. The topological polar surface area (TPSA) is 116 Å². The van der Waals surface area contributed by atoms with Crippen LogP contribution in [0.15, 0.2) is 35.7 Å². The number of rotatable bonds is 9. The zero-order chi connectivity index (χ0) is 23.4. The molecule has 0 atom stereocenters. The fourth-order valence-corrected chi connectivity index (χ4v) is 5.37. The summed E-state index contributed by atoms with van der Waals surface area (Å²) in [5.41, 5.74) is 0.460. The van der Waals surface area contributed by atoms with Gasteiger partial charge >= 0.3 is 0 Å². The third-order valence-electron chi connectivity index (χ3n) is 5.32. The van der Waals surface area contributed by atoms with Gasteiger partial charge < -0.3 is 14.4 Å². The van der Waals surface area contributed by atoms with E-state index in [9.17, 15) is 13.2 Å². The highest BCUT2D eigenvalue weighted by atomic mass is 32.2. The third-order valence-corrected chi connectivity index (χ3v) is 7.42. The van der Waals surface area contributed by atoms with Crippen LogP contribution in [0.3, 0.4) is 0 Å². The zero-order valence-corrected chi connectivity index (χ0v) is 20.0. The molecule has 33 heavy (non-hydrogen) atoms. The number of amides is 1. The van der Waals surface area contributed by atoms with Gasteiger partial charge in [0.1, 0.15) is 17.2 Å². The van der Waals surface area contributed by atoms with Crippen LogP contribution in [0, 0.1) is 0 Å². The second kappa shape index (κ2) is 9.79. The van der Waals surface area contributed by atoms with Crippen LogP contribution in [0.1, 0.15) is 19.3 Å². The molecule has 1 aliphatic heterocycles. The molecule has 2 aromatic heterocycles. The van der Waals surface area contributed by atoms with Gasteiger partial charge in [0, 0.05) is 19.5 Å². The van der Waals surface area contributed by atoms with Crippen molar-refractivity contribution in [1.29, 1.82) is 0 Å². The quantitative estimate of drug-likeness (QED) is 0.489. The van der Waals surface area contributed by atoms with E-state index in [2.05, 4.69) is 14.9 Å². The van der Waals surface area contributed by atoms with Crippen molar-refractivity contribution in [3.63, 3.8) is 0 Å². The Hall–Kier alpha value is -3.12. The summed E-state index contributed by atoms with van der Waals surface area (Å²) in [5.74, 6) is 0.804. The normalized spacial score (nSPS) is 13.8. The standard InChI is InChI=1S/C21H25N5O5S2/c1-30-15-7-5-8-16(31-2)19(15)26-20(17-9-6-13-32-17)22-23-21(26)24-33(28,29)14-10-18(27)25-11-3-4-12-25/h5-9,13H,3-4,10-12,14H2,1-2H3,(H,23,24). The second-order valence-corrected chi connectivity index (χ2v) is 10.2. The van der Waals surface area contributed by atoms with Crippen LogP contribution in [0.2, 0.25) is 0 Å². The van der Waals surface area contributed by atoms with Crippen LogP contribution in [0.25, 0.3) is 16.4 Å². The Morgan fingerprint density at radius 3 is 2.39 bits per heavy atom. The molecule has 0 saturated carbocycles. The molecule has 176 valence electrons. The molecule has 1 N–H and O–H groups in total. The van der Waals surface area contributed by atoms with Gasteiger partial charge in [-0.1, -0.05) is 12.1 Å². The molecule has 1 aromatic carbocycles. The van der Waals surface area contributed by atoms with Gasteiger partial charge in [-0.15, -0.1) is 21.5 Å². The van der Waals surface area contributed by atoms with Crippen molar-refractivity contribution in [3.8, 4) is 27.9 Å². The maximum absolute atomic E-state index is 12.9. The monoisotopic (exact) mass is 491 g/mol. The highest BCUT2D eigenvalue weighted by molar-refractivity contribution is 7.92. The minimum Gasteiger partial charge on any atom is -0.494 e. The molecule has 3 aromatic rings. The van der Waals surface area contributed by atoms with Gasteiger partial charge in [-0.2, -0.15) is 0 Å². The molecule has 0 unspecified atom stereocenters. The molecule has 0 aliphatic carbocycles. The fourth-order valence-electron chi connectivity index (χ4n) is 3.72. The van der Waals surface area contributed by atoms with Crippen molar-refractivity contribution < 1.29 is 22.7 Å². The van der Waals surface area contributed by atoms with Crippen molar-refractivity contribution in [2.45, 2.75) is 19.3 Å². The molecule has 1 amide bonds. The van der Waals surface area contributed by atoms with E-state index in [0.717, 1.165) is 17.7 Å². The summed E-state index contributed by atoms with van der Waals surface area (Å²) in [6.07, 6.45) is 1.80. The molecule has 0 radical (unpaired) electrons. The smallest absolute Gasteiger partial charge is 0.243 e. The van der Waals surface area contributed by atoms with E-state index in [4.69, 9.17) is 9.47 Å². The fraction of sp³-hybridized carbons (Fsp3) is 0.381. The summed E-state index contributed by atoms with van der Waals surface area (Å²) >= 11 is 1.44. The number of sulfonamides is 1. The van der Waals surface area contributed by atoms with Gasteiger partial charge in [0.25, 0.3) is 0 Å². The second-order valence-electron chi connectivity index (χ2n) is 7.43. The van der Waals surface area contributed by atoms with Gasteiger partial charge in [-0.3, -0.25) is 14.1 Å². The molecular weight excluding hydrogens is 466 g/mol. The highest BCUT2D eigenvalue weighted by Gasteiger charge is 2.26. The van der Waals surface area contributed by atoms with Gasteiger partial charge in [0.15, 0.2) is 5.82 Å². The zero-order valence-electron chi connectivity index (χ0n) is 18.4. The number of hydrogen-bond acceptors (Lipinski definition) is 8. The maximum Gasteiger partial charge on any atom is 0.243 e. The summed E-state index contributed by atoms with van der Waals surface area (Å²) in [4.78, 5) is 14.8. The van der Waals surface area contributed by atoms with E-state index in [-0.39, 0.29) is 24.0 Å². The number of nitrogens with zero attached hydrogens (tertiary/aromatic N) is 4. The van der Waals surface area contributed by atoms with Crippen molar-refractivity contribution in [2.75, 3.05) is 37.8 Å². The summed E-state index contributed by atoms with van der Waals surface area (Å²) in [6.45, 7) is 1.36. The molecule has 1 fully saturated rings. The van der Waals surface area contributed by atoms with Crippen LogP contribution in [0.5, 0.6) is 11.5 Å². The summed E-state index contributed by atoms with van der Waals surface area (Å²) in [6, 6.07) is 8.97. The average molecular weight is 492 g/mol. The van der Waals surface area contributed by atoms with Gasteiger partial charge in [0.05, 0.1) is 24.8 Å². The SMILES string of the molecule is COc1cccc(OC)c1-n1c(NS(=O)(=O)CCC(=O)N2CCCC2)nnc1-c1cccs1. The first-order valence-electron chi connectivity index (χ1n) is 10.4. The van der Waals surface area contributed by atoms with Crippen LogP contribution in [-0.4, -0.2) is 67.1 Å². The number of aromatic nitrogens is 3. The lowest BCUT2D eigenvalue weighted by Crippen LogP contribution is -2.30. The number of ether oxygens (including phenoxy) is 2. The van der Waals surface area contributed by atoms with E-state index in [1.165, 1.54) is 25.6 Å². The highest BCUT2D eigenvalue weighted by Crippen LogP contribution is 2.38. The van der Waals surface area contributed by atoms with Gasteiger partial charge in [0.2, 0.25) is 21.9 Å². The number of carbonyl (C=O) groups excluding carboxylic acids is 1. The Balaban J connectivity index is 1.69. The lowest BCUT2D eigenvalue weighted by atomic mass is 10.2. The first-order valence-corrected chi connectivity index (χ1v) is 13.0. The Kier molecular flexibility index (Phi) is 6.84. The van der Waals surface area contributed by atoms with Crippen LogP contribution in [0.4, 0.5) is 5.95 Å². The van der Waals surface area contributed by atoms with E-state index in [1.807, 2.05) is 17.5 Å². The van der Waals surface area contributed by atoms with Crippen LogP contribution in [-0.2, 0) is 14.8 Å². The van der Waals surface area contributed by atoms with Gasteiger partial charge in [-0.25, -0.2) is 8.42 Å². The first-order chi connectivity index (χ1) is 15.9. The Labute approximate surface area is 196 Å². The number of benzene rings is 1. The molecule has 10 nitrogen and oxygen atoms in total. The molecule has 12 heteroatoms. The van der Waals surface area contributed by atoms with Crippen molar-refractivity contribution in [1.82, 2.24) is 19.7 Å². The lowest BCUT2D eigenvalue weighted by molar-refractivity contribution is -0.129. The van der Waals surface area contributed by atoms with E-state index in [0.29, 0.717) is 36.1 Å². The molecule has 1 saturated heterocycles. The maximum atomic E-state index is 12.9. The van der Waals surface area contributed by atoms with Crippen molar-refractivity contribution in [3.05, 3.63) is 35.7 Å². The van der Waals surface area contributed by atoms with Gasteiger partial charge in [-0.05, 0) is 36.4 Å². The Morgan fingerprint density at radius 2 is 1.79 bits per heavy atom. The Bertz CT molecular complexity index is 1200. The summed E-state index contributed by atoms with van der Waals surface area (Å²) in [7, 11) is -0.853. The number of para-hydroxylation sites is 1. The third kappa shape index (κ3) is 4.96. The number of carbonyl (C=O) groups is 1.